The van der Waals surface area contributed by atoms with E-state index in [1.165, 1.54) is 20.5 Å². The van der Waals surface area contributed by atoms with E-state index >= 15 is 0 Å². The van der Waals surface area contributed by atoms with Gasteiger partial charge >= 0.3 is 0 Å². The van der Waals surface area contributed by atoms with Crippen molar-refractivity contribution in [3.05, 3.63) is 22.7 Å². The van der Waals surface area contributed by atoms with Gasteiger partial charge in [-0.3, -0.25) is 0 Å². The summed E-state index contributed by atoms with van der Waals surface area (Å²) >= 11 is 9.56. The minimum absolute atomic E-state index is 0.327. The number of benzene rings is 1. The minimum Gasteiger partial charge on any atom is -0.495 e. The lowest BCUT2D eigenvalue weighted by Gasteiger charge is -2.21. The molecule has 2 atom stereocenters. The summed E-state index contributed by atoms with van der Waals surface area (Å²) in [5.74, 6) is 0.896. The topological polar surface area (TPSA) is 52.6 Å². The standard InChI is InChI=1S/C12H16BrClO4S/c1-7(19(4,15)16)10(13)8-5-6-9(17-2)11(14)12(8)18-3/h5-7,10H,1-4H3. The van der Waals surface area contributed by atoms with Crippen LogP contribution in [0.1, 0.15) is 17.3 Å². The van der Waals surface area contributed by atoms with E-state index in [2.05, 4.69) is 15.9 Å². The molecule has 0 spiro atoms. The lowest BCUT2D eigenvalue weighted by Crippen LogP contribution is -2.21. The molecular formula is C12H16BrClO4S. The predicted molar refractivity (Wildman–Crippen MR) is 80.5 cm³/mol. The molecule has 0 fully saturated rings. The van der Waals surface area contributed by atoms with Crippen molar-refractivity contribution in [3.63, 3.8) is 0 Å². The van der Waals surface area contributed by atoms with Crippen LogP contribution < -0.4 is 9.47 Å². The summed E-state index contributed by atoms with van der Waals surface area (Å²) in [4.78, 5) is -0.416. The molecule has 108 valence electrons. The summed E-state index contributed by atoms with van der Waals surface area (Å²) in [5.41, 5.74) is 0.672. The van der Waals surface area contributed by atoms with Crippen molar-refractivity contribution in [2.24, 2.45) is 0 Å². The van der Waals surface area contributed by atoms with Crippen molar-refractivity contribution in [1.82, 2.24) is 0 Å². The smallest absolute Gasteiger partial charge is 0.151 e. The number of ether oxygens (including phenoxy) is 2. The Morgan fingerprint density at radius 1 is 1.26 bits per heavy atom. The van der Waals surface area contributed by atoms with Crippen molar-refractivity contribution in [3.8, 4) is 11.5 Å². The number of methoxy groups -OCH3 is 2. The molecule has 0 bridgehead atoms. The zero-order valence-corrected chi connectivity index (χ0v) is 14.3. The molecule has 0 amide bonds. The first-order chi connectivity index (χ1) is 8.73. The van der Waals surface area contributed by atoms with Gasteiger partial charge in [-0.1, -0.05) is 33.6 Å². The Kier molecular flexibility index (Phi) is 5.53. The van der Waals surface area contributed by atoms with Gasteiger partial charge in [0.1, 0.15) is 16.5 Å². The maximum atomic E-state index is 11.6. The average Bonchev–Trinajstić information content (AvgIpc) is 2.35. The van der Waals surface area contributed by atoms with Crippen LogP contribution in [0.15, 0.2) is 12.1 Å². The monoisotopic (exact) mass is 370 g/mol. The quantitative estimate of drug-likeness (QED) is 0.746. The van der Waals surface area contributed by atoms with Gasteiger partial charge in [-0.15, -0.1) is 0 Å². The summed E-state index contributed by atoms with van der Waals surface area (Å²) in [6, 6.07) is 3.42. The lowest BCUT2D eigenvalue weighted by atomic mass is 10.1. The maximum absolute atomic E-state index is 11.6. The van der Waals surface area contributed by atoms with Crippen molar-refractivity contribution in [2.45, 2.75) is 17.0 Å². The fourth-order valence-electron chi connectivity index (χ4n) is 1.61. The fourth-order valence-corrected chi connectivity index (χ4v) is 4.05. The van der Waals surface area contributed by atoms with E-state index in [1.54, 1.807) is 19.1 Å². The number of rotatable bonds is 5. The molecule has 1 aromatic rings. The number of halogens is 2. The fraction of sp³-hybridized carbons (Fsp3) is 0.500. The largest absolute Gasteiger partial charge is 0.495 e. The van der Waals surface area contributed by atoms with Crippen LogP contribution in [0, 0.1) is 0 Å². The van der Waals surface area contributed by atoms with Crippen molar-refractivity contribution in [2.75, 3.05) is 20.5 Å². The molecule has 19 heavy (non-hydrogen) atoms. The molecule has 1 aromatic carbocycles. The maximum Gasteiger partial charge on any atom is 0.151 e. The van der Waals surface area contributed by atoms with E-state index in [-0.39, 0.29) is 0 Å². The summed E-state index contributed by atoms with van der Waals surface area (Å²) < 4.78 is 33.6. The first-order valence-corrected chi connectivity index (χ1v) is 8.72. The van der Waals surface area contributed by atoms with Gasteiger partial charge in [-0.2, -0.15) is 0 Å². The van der Waals surface area contributed by atoms with E-state index < -0.39 is 19.9 Å². The van der Waals surface area contributed by atoms with Crippen LogP contribution in [0.25, 0.3) is 0 Å². The lowest BCUT2D eigenvalue weighted by molar-refractivity contribution is 0.391. The van der Waals surface area contributed by atoms with Crippen LogP contribution in [0.4, 0.5) is 0 Å². The molecule has 0 N–H and O–H groups in total. The Hall–Kier alpha value is -0.460. The van der Waals surface area contributed by atoms with Gasteiger partial charge < -0.3 is 9.47 Å². The molecule has 0 saturated heterocycles. The summed E-state index contributed by atoms with van der Waals surface area (Å²) in [6.45, 7) is 1.63. The Morgan fingerprint density at radius 3 is 2.26 bits per heavy atom. The van der Waals surface area contributed by atoms with Gasteiger partial charge in [0.2, 0.25) is 0 Å². The summed E-state index contributed by atoms with van der Waals surface area (Å²) in [7, 11) is -0.194. The number of sulfone groups is 1. The summed E-state index contributed by atoms with van der Waals surface area (Å²) in [5, 5.41) is -0.279. The highest BCUT2D eigenvalue weighted by Gasteiger charge is 2.29. The number of hydrogen-bond donors (Lipinski definition) is 0. The molecule has 1 rings (SSSR count). The highest BCUT2D eigenvalue weighted by atomic mass is 79.9. The van der Waals surface area contributed by atoms with E-state index in [9.17, 15) is 8.42 Å². The van der Waals surface area contributed by atoms with Crippen LogP contribution >= 0.6 is 27.5 Å². The van der Waals surface area contributed by atoms with Gasteiger partial charge in [0, 0.05) is 11.8 Å². The van der Waals surface area contributed by atoms with Gasteiger partial charge in [0.25, 0.3) is 0 Å². The highest BCUT2D eigenvalue weighted by Crippen LogP contribution is 2.43. The molecule has 0 heterocycles. The molecule has 4 nitrogen and oxygen atoms in total. The SMILES string of the molecule is COc1ccc(C(Br)C(C)S(C)(=O)=O)c(OC)c1Cl. The van der Waals surface area contributed by atoms with Crippen LogP contribution in [0.2, 0.25) is 5.02 Å². The molecule has 0 saturated carbocycles. The third-order valence-electron chi connectivity index (χ3n) is 2.90. The molecule has 7 heteroatoms. The first-order valence-electron chi connectivity index (χ1n) is 5.47. The zero-order valence-electron chi connectivity index (χ0n) is 11.1. The Morgan fingerprint density at radius 2 is 1.84 bits per heavy atom. The molecule has 0 aromatic heterocycles. The molecular weight excluding hydrogens is 356 g/mol. The third-order valence-corrected chi connectivity index (χ3v) is 6.52. The Labute approximate surface area is 127 Å². The van der Waals surface area contributed by atoms with E-state index in [4.69, 9.17) is 21.1 Å². The van der Waals surface area contributed by atoms with E-state index in [0.717, 1.165) is 0 Å². The number of hydrogen-bond acceptors (Lipinski definition) is 4. The minimum atomic E-state index is -3.18. The first kappa shape index (κ1) is 16.6. The van der Waals surface area contributed by atoms with Gasteiger partial charge in [-0.05, 0) is 13.0 Å². The molecule has 2 unspecified atom stereocenters. The second kappa shape index (κ2) is 6.33. The summed E-state index contributed by atoms with van der Waals surface area (Å²) in [6.07, 6.45) is 1.20. The average molecular weight is 372 g/mol. The molecule has 0 aliphatic heterocycles. The van der Waals surface area contributed by atoms with Crippen LogP contribution in [-0.2, 0) is 9.84 Å². The zero-order chi connectivity index (χ0) is 14.8. The van der Waals surface area contributed by atoms with Gasteiger partial charge in [0.05, 0.1) is 24.3 Å². The number of alkyl halides is 1. The Bertz CT molecular complexity index is 559. The van der Waals surface area contributed by atoms with Crippen LogP contribution in [-0.4, -0.2) is 34.1 Å². The normalized spacial score (nSPS) is 14.8. The van der Waals surface area contributed by atoms with E-state index in [0.29, 0.717) is 22.1 Å². The predicted octanol–water partition coefficient (Wildman–Crippen LogP) is 3.23. The second-order valence-corrected chi connectivity index (χ2v) is 7.91. The van der Waals surface area contributed by atoms with Crippen LogP contribution in [0.3, 0.4) is 0 Å². The molecule has 0 aliphatic rings. The molecule has 0 radical (unpaired) electrons. The van der Waals surface area contributed by atoms with Crippen molar-refractivity contribution in [1.29, 1.82) is 0 Å². The van der Waals surface area contributed by atoms with Crippen LogP contribution in [0.5, 0.6) is 11.5 Å². The van der Waals surface area contributed by atoms with E-state index in [1.807, 2.05) is 0 Å². The van der Waals surface area contributed by atoms with Crippen molar-refractivity contribution >= 4 is 37.4 Å². The van der Waals surface area contributed by atoms with Gasteiger partial charge in [0.15, 0.2) is 9.84 Å². The Balaban J connectivity index is 3.32. The highest BCUT2D eigenvalue weighted by molar-refractivity contribution is 9.09. The molecule has 0 aliphatic carbocycles. The van der Waals surface area contributed by atoms with Gasteiger partial charge in [-0.25, -0.2) is 8.42 Å². The third kappa shape index (κ3) is 3.55. The van der Waals surface area contributed by atoms with Crippen molar-refractivity contribution < 1.29 is 17.9 Å². The second-order valence-electron chi connectivity index (χ2n) is 4.14.